The third kappa shape index (κ3) is 6.11. The van der Waals surface area contributed by atoms with E-state index in [1.165, 1.54) is 6.08 Å². The van der Waals surface area contributed by atoms with E-state index < -0.39 is 5.91 Å². The van der Waals surface area contributed by atoms with E-state index in [9.17, 15) is 10.1 Å². The summed E-state index contributed by atoms with van der Waals surface area (Å²) in [4.78, 5) is 12.6. The molecule has 0 saturated heterocycles. The van der Waals surface area contributed by atoms with Crippen molar-refractivity contribution in [1.29, 1.82) is 5.26 Å². The van der Waals surface area contributed by atoms with Gasteiger partial charge in [0.25, 0.3) is 5.91 Å². The Morgan fingerprint density at radius 3 is 2.50 bits per heavy atom. The van der Waals surface area contributed by atoms with Crippen molar-refractivity contribution in [3.05, 3.63) is 84.0 Å². The molecule has 0 saturated carbocycles. The molecule has 30 heavy (non-hydrogen) atoms. The predicted molar refractivity (Wildman–Crippen MR) is 121 cm³/mol. The highest BCUT2D eigenvalue weighted by molar-refractivity contribution is 6.09. The van der Waals surface area contributed by atoms with Gasteiger partial charge in [-0.3, -0.25) is 4.79 Å². The van der Waals surface area contributed by atoms with Crippen LogP contribution in [0.5, 0.6) is 11.5 Å². The first-order valence-corrected chi connectivity index (χ1v) is 9.66. The Labute approximate surface area is 177 Å². The molecule has 2 rings (SSSR count). The molecule has 0 aliphatic carbocycles. The molecule has 0 atom stereocenters. The zero-order valence-electron chi connectivity index (χ0n) is 17.4. The minimum absolute atomic E-state index is 0.0117. The quantitative estimate of drug-likeness (QED) is 0.335. The molecular formula is C25H26N2O3. The van der Waals surface area contributed by atoms with Crippen molar-refractivity contribution in [3.8, 4) is 17.6 Å². The number of carbonyl (C=O) groups is 1. The molecule has 0 fully saturated rings. The van der Waals surface area contributed by atoms with Crippen LogP contribution in [0.25, 0.3) is 6.08 Å². The van der Waals surface area contributed by atoms with Crippen molar-refractivity contribution < 1.29 is 14.3 Å². The lowest BCUT2D eigenvalue weighted by molar-refractivity contribution is -0.112. The van der Waals surface area contributed by atoms with E-state index in [-0.39, 0.29) is 5.57 Å². The molecule has 1 amide bonds. The Balaban J connectivity index is 2.40. The number of aryl methyl sites for hydroxylation is 1. The Morgan fingerprint density at radius 1 is 1.17 bits per heavy atom. The third-order valence-corrected chi connectivity index (χ3v) is 4.15. The minimum atomic E-state index is -0.475. The van der Waals surface area contributed by atoms with Crippen LogP contribution in [-0.4, -0.2) is 19.1 Å². The molecule has 0 aliphatic rings. The molecule has 0 aromatic heterocycles. The van der Waals surface area contributed by atoms with Crippen LogP contribution in [0.1, 0.15) is 23.6 Å². The summed E-state index contributed by atoms with van der Waals surface area (Å²) < 4.78 is 11.5. The first kappa shape index (κ1) is 22.5. The molecular weight excluding hydrogens is 376 g/mol. The normalized spacial score (nSPS) is 10.6. The Kier molecular flexibility index (Phi) is 8.46. The lowest BCUT2D eigenvalue weighted by atomic mass is 10.0. The maximum absolute atomic E-state index is 12.6. The third-order valence-electron chi connectivity index (χ3n) is 4.15. The lowest BCUT2D eigenvalue weighted by Gasteiger charge is -2.16. The molecule has 1 N–H and O–H groups in total. The smallest absolute Gasteiger partial charge is 0.266 e. The number of ether oxygens (including phenoxy) is 2. The zero-order chi connectivity index (χ0) is 21.9. The maximum Gasteiger partial charge on any atom is 0.266 e. The van der Waals surface area contributed by atoms with Crippen LogP contribution in [0.3, 0.4) is 0 Å². The number of amides is 1. The van der Waals surface area contributed by atoms with Gasteiger partial charge < -0.3 is 14.8 Å². The standard InChI is InChI=1S/C25H26N2O3/c1-5-8-20-14-19(16-23(29-7-3)24(20)30-13-6-2)15-21(17-26)25(28)27-22-11-9-18(4)10-12-22/h5-6,9-12,14-16H,1-2,7-8,13H2,3-4H3,(H,27,28)/b21-15-. The fraction of sp³-hybridized carbons (Fsp3) is 0.200. The predicted octanol–water partition coefficient (Wildman–Crippen LogP) is 5.23. The summed E-state index contributed by atoms with van der Waals surface area (Å²) >= 11 is 0. The summed E-state index contributed by atoms with van der Waals surface area (Å²) in [6.07, 6.45) is 5.50. The van der Waals surface area contributed by atoms with Crippen LogP contribution in [0.2, 0.25) is 0 Å². The highest BCUT2D eigenvalue weighted by atomic mass is 16.5. The van der Waals surface area contributed by atoms with Crippen LogP contribution in [0.15, 0.2) is 67.3 Å². The SMILES string of the molecule is C=CCOc1c(CC=C)cc(/C=C(/C#N)C(=O)Nc2ccc(C)cc2)cc1OCC. The number of nitrogens with zero attached hydrogens (tertiary/aromatic N) is 1. The van der Waals surface area contributed by atoms with Crippen molar-refractivity contribution in [2.24, 2.45) is 0 Å². The largest absolute Gasteiger partial charge is 0.490 e. The molecule has 154 valence electrons. The van der Waals surface area contributed by atoms with Gasteiger partial charge in [0.1, 0.15) is 18.2 Å². The van der Waals surface area contributed by atoms with Crippen LogP contribution < -0.4 is 14.8 Å². The molecule has 0 radical (unpaired) electrons. The molecule has 0 unspecified atom stereocenters. The van der Waals surface area contributed by atoms with Crippen molar-refractivity contribution in [2.75, 3.05) is 18.5 Å². The lowest BCUT2D eigenvalue weighted by Crippen LogP contribution is -2.13. The van der Waals surface area contributed by atoms with Gasteiger partial charge in [-0.25, -0.2) is 0 Å². The number of anilines is 1. The molecule has 2 aromatic carbocycles. The highest BCUT2D eigenvalue weighted by Gasteiger charge is 2.15. The fourth-order valence-corrected chi connectivity index (χ4v) is 2.79. The number of nitriles is 1. The average molecular weight is 402 g/mol. The van der Waals surface area contributed by atoms with Gasteiger partial charge >= 0.3 is 0 Å². The number of nitrogens with one attached hydrogen (secondary N) is 1. The van der Waals surface area contributed by atoms with Crippen molar-refractivity contribution in [2.45, 2.75) is 20.3 Å². The van der Waals surface area contributed by atoms with Crippen molar-refractivity contribution >= 4 is 17.7 Å². The van der Waals surface area contributed by atoms with E-state index in [4.69, 9.17) is 9.47 Å². The topological polar surface area (TPSA) is 71.3 Å². The monoisotopic (exact) mass is 402 g/mol. The summed E-state index contributed by atoms with van der Waals surface area (Å²) in [5.41, 5.74) is 3.21. The van der Waals surface area contributed by atoms with Gasteiger partial charge in [0.2, 0.25) is 0 Å². The van der Waals surface area contributed by atoms with E-state index in [1.807, 2.05) is 38.1 Å². The second-order valence-electron chi connectivity index (χ2n) is 6.52. The molecule has 0 bridgehead atoms. The minimum Gasteiger partial charge on any atom is -0.490 e. The molecule has 5 heteroatoms. The first-order chi connectivity index (χ1) is 14.5. The Hall–Kier alpha value is -3.78. The summed E-state index contributed by atoms with van der Waals surface area (Å²) in [6.45, 7) is 12.1. The van der Waals surface area contributed by atoms with E-state index in [2.05, 4.69) is 18.5 Å². The number of carbonyl (C=O) groups excluding carboxylic acids is 1. The van der Waals surface area contributed by atoms with Crippen LogP contribution in [-0.2, 0) is 11.2 Å². The maximum atomic E-state index is 12.6. The van der Waals surface area contributed by atoms with Gasteiger partial charge in [-0.2, -0.15) is 5.26 Å². The summed E-state index contributed by atoms with van der Waals surface area (Å²) in [5, 5.41) is 12.3. The second kappa shape index (κ2) is 11.3. The summed E-state index contributed by atoms with van der Waals surface area (Å²) in [7, 11) is 0. The van der Waals surface area contributed by atoms with E-state index in [0.29, 0.717) is 42.4 Å². The number of benzene rings is 2. The van der Waals surface area contributed by atoms with Crippen LogP contribution in [0.4, 0.5) is 5.69 Å². The molecule has 0 spiro atoms. The average Bonchev–Trinajstić information content (AvgIpc) is 2.73. The van der Waals surface area contributed by atoms with Crippen molar-refractivity contribution in [1.82, 2.24) is 0 Å². The van der Waals surface area contributed by atoms with Gasteiger partial charge in [-0.1, -0.05) is 36.4 Å². The van der Waals surface area contributed by atoms with Gasteiger partial charge in [0, 0.05) is 11.3 Å². The van der Waals surface area contributed by atoms with Gasteiger partial charge in [0.05, 0.1) is 6.61 Å². The van der Waals surface area contributed by atoms with E-state index in [0.717, 1.165) is 11.1 Å². The van der Waals surface area contributed by atoms with E-state index >= 15 is 0 Å². The number of rotatable bonds is 10. The molecule has 0 heterocycles. The Morgan fingerprint density at radius 2 is 1.90 bits per heavy atom. The first-order valence-electron chi connectivity index (χ1n) is 9.66. The fourth-order valence-electron chi connectivity index (χ4n) is 2.79. The number of allylic oxidation sites excluding steroid dienone is 1. The summed E-state index contributed by atoms with van der Waals surface area (Å²) in [6, 6.07) is 13.0. The second-order valence-corrected chi connectivity index (χ2v) is 6.52. The molecule has 0 aliphatic heterocycles. The number of hydrogen-bond acceptors (Lipinski definition) is 4. The van der Waals surface area contributed by atoms with Crippen LogP contribution >= 0.6 is 0 Å². The molecule has 5 nitrogen and oxygen atoms in total. The van der Waals surface area contributed by atoms with Crippen molar-refractivity contribution in [3.63, 3.8) is 0 Å². The number of hydrogen-bond donors (Lipinski definition) is 1. The van der Waals surface area contributed by atoms with Gasteiger partial charge in [0.15, 0.2) is 11.5 Å². The van der Waals surface area contributed by atoms with Gasteiger partial charge in [-0.05, 0) is 56.2 Å². The summed E-state index contributed by atoms with van der Waals surface area (Å²) in [5.74, 6) is 0.675. The highest BCUT2D eigenvalue weighted by Crippen LogP contribution is 2.34. The zero-order valence-corrected chi connectivity index (χ0v) is 17.4. The van der Waals surface area contributed by atoms with E-state index in [1.54, 1.807) is 30.4 Å². The van der Waals surface area contributed by atoms with Crippen LogP contribution in [0, 0.1) is 18.3 Å². The van der Waals surface area contributed by atoms with Gasteiger partial charge in [-0.15, -0.1) is 6.58 Å². The Bertz CT molecular complexity index is 983. The molecule has 2 aromatic rings.